The molecule has 0 radical (unpaired) electrons. The summed E-state index contributed by atoms with van der Waals surface area (Å²) in [5.74, 6) is 0.956. The Morgan fingerprint density at radius 3 is 2.56 bits per heavy atom. The maximum atomic E-state index is 12.5. The van der Waals surface area contributed by atoms with Crippen LogP contribution in [0.4, 0.5) is 5.69 Å². The topological polar surface area (TPSA) is 59.9 Å². The molecule has 0 spiro atoms. The van der Waals surface area contributed by atoms with Crippen LogP contribution in [0, 0.1) is 0 Å². The third-order valence-corrected chi connectivity index (χ3v) is 6.65. The zero-order chi connectivity index (χ0) is 24.1. The lowest BCUT2D eigenvalue weighted by Gasteiger charge is -2.13. The molecule has 34 heavy (non-hydrogen) atoms. The number of aliphatic imine (C=N–C) groups is 1. The predicted molar refractivity (Wildman–Crippen MR) is 141 cm³/mol. The van der Waals surface area contributed by atoms with E-state index in [0.717, 1.165) is 11.1 Å². The molecule has 3 aromatic rings. The normalized spacial score (nSPS) is 15.6. The van der Waals surface area contributed by atoms with Gasteiger partial charge in [0.1, 0.15) is 6.61 Å². The van der Waals surface area contributed by atoms with E-state index >= 15 is 0 Å². The number of amidine groups is 1. The molecule has 0 aliphatic carbocycles. The number of nitrogens with zero attached hydrogens (tertiary/aromatic N) is 1. The van der Waals surface area contributed by atoms with Crippen LogP contribution in [0.3, 0.4) is 0 Å². The molecule has 1 aliphatic rings. The Kier molecular flexibility index (Phi) is 8.06. The van der Waals surface area contributed by atoms with E-state index in [1.165, 1.54) is 11.8 Å². The molecule has 0 saturated carbocycles. The SMILES string of the molecule is CCOc1cc(/C=C2\SC(=Nc3cccc(Cl)c3Cl)NC2=O)ccc1OCc1ccc(Cl)cc1. The minimum atomic E-state index is -0.247. The number of carbonyl (C=O) groups excluding carboxylic acids is 1. The van der Waals surface area contributed by atoms with Crippen LogP contribution in [-0.2, 0) is 11.4 Å². The molecule has 0 atom stereocenters. The summed E-state index contributed by atoms with van der Waals surface area (Å²) in [5, 5.41) is 4.58. The van der Waals surface area contributed by atoms with Crippen LogP contribution < -0.4 is 14.8 Å². The van der Waals surface area contributed by atoms with Gasteiger partial charge in [-0.2, -0.15) is 0 Å². The fourth-order valence-electron chi connectivity index (χ4n) is 3.06. The maximum absolute atomic E-state index is 12.5. The zero-order valence-electron chi connectivity index (χ0n) is 18.0. The summed E-state index contributed by atoms with van der Waals surface area (Å²) < 4.78 is 11.7. The summed E-state index contributed by atoms with van der Waals surface area (Å²) in [6.45, 7) is 2.75. The van der Waals surface area contributed by atoms with E-state index in [2.05, 4.69) is 10.3 Å². The van der Waals surface area contributed by atoms with Gasteiger partial charge in [-0.3, -0.25) is 4.79 Å². The lowest BCUT2D eigenvalue weighted by Crippen LogP contribution is -2.19. The van der Waals surface area contributed by atoms with E-state index in [4.69, 9.17) is 44.3 Å². The standard InChI is InChI=1S/C25H19Cl3N2O3S/c1-2-32-21-12-16(8-11-20(21)33-14-15-6-9-17(26)10-7-15)13-22-24(31)30-25(34-22)29-19-5-3-4-18(27)23(19)28/h3-13H,2,14H2,1H3,(H,29,30,31)/b22-13-. The fourth-order valence-corrected chi connectivity index (χ4v) is 4.36. The average Bonchev–Trinajstić information content (AvgIpc) is 3.16. The van der Waals surface area contributed by atoms with Crippen molar-refractivity contribution in [3.05, 3.63) is 91.8 Å². The van der Waals surface area contributed by atoms with Crippen LogP contribution in [0.25, 0.3) is 6.08 Å². The van der Waals surface area contributed by atoms with Crippen molar-refractivity contribution >= 4 is 69.4 Å². The number of hydrogen-bond acceptors (Lipinski definition) is 5. The lowest BCUT2D eigenvalue weighted by atomic mass is 10.2. The van der Waals surface area contributed by atoms with Gasteiger partial charge in [0.05, 0.1) is 27.2 Å². The van der Waals surface area contributed by atoms with Crippen molar-refractivity contribution in [2.75, 3.05) is 6.61 Å². The Balaban J connectivity index is 1.52. The molecule has 174 valence electrons. The molecule has 4 rings (SSSR count). The average molecular weight is 534 g/mol. The lowest BCUT2D eigenvalue weighted by molar-refractivity contribution is -0.115. The number of halogens is 3. The highest BCUT2D eigenvalue weighted by atomic mass is 35.5. The molecular weight excluding hydrogens is 515 g/mol. The third kappa shape index (κ3) is 6.07. The van der Waals surface area contributed by atoms with Crippen LogP contribution in [0.5, 0.6) is 11.5 Å². The molecule has 3 aromatic carbocycles. The van der Waals surface area contributed by atoms with Crippen molar-refractivity contribution in [1.29, 1.82) is 0 Å². The first-order valence-electron chi connectivity index (χ1n) is 10.3. The zero-order valence-corrected chi connectivity index (χ0v) is 21.1. The quantitative estimate of drug-likeness (QED) is 0.319. The third-order valence-electron chi connectivity index (χ3n) is 4.68. The second-order valence-electron chi connectivity index (χ2n) is 7.11. The molecule has 1 aliphatic heterocycles. The molecule has 1 fully saturated rings. The number of nitrogens with one attached hydrogen (secondary N) is 1. The van der Waals surface area contributed by atoms with Gasteiger partial charge in [0.2, 0.25) is 0 Å². The molecule has 1 amide bonds. The molecule has 1 saturated heterocycles. The van der Waals surface area contributed by atoms with Gasteiger partial charge in [0, 0.05) is 5.02 Å². The molecule has 0 aromatic heterocycles. The molecule has 1 heterocycles. The van der Waals surface area contributed by atoms with Gasteiger partial charge < -0.3 is 14.8 Å². The van der Waals surface area contributed by atoms with Crippen molar-refractivity contribution in [3.8, 4) is 11.5 Å². The first kappa shape index (κ1) is 24.5. The summed E-state index contributed by atoms with van der Waals surface area (Å²) in [5.41, 5.74) is 2.27. The first-order valence-corrected chi connectivity index (χ1v) is 12.3. The highest BCUT2D eigenvalue weighted by molar-refractivity contribution is 8.18. The highest BCUT2D eigenvalue weighted by Crippen LogP contribution is 2.35. The van der Waals surface area contributed by atoms with Gasteiger partial charge in [0.15, 0.2) is 16.7 Å². The van der Waals surface area contributed by atoms with Gasteiger partial charge in [-0.25, -0.2) is 4.99 Å². The van der Waals surface area contributed by atoms with E-state index in [0.29, 0.717) is 55.5 Å². The number of ether oxygens (including phenoxy) is 2. The van der Waals surface area contributed by atoms with Crippen LogP contribution in [0.1, 0.15) is 18.1 Å². The van der Waals surface area contributed by atoms with Crippen LogP contribution in [0.15, 0.2) is 70.6 Å². The van der Waals surface area contributed by atoms with Crippen LogP contribution in [-0.4, -0.2) is 17.7 Å². The highest BCUT2D eigenvalue weighted by Gasteiger charge is 2.24. The largest absolute Gasteiger partial charge is 0.490 e. The Hall–Kier alpha value is -2.64. The van der Waals surface area contributed by atoms with Gasteiger partial charge in [0.25, 0.3) is 5.91 Å². The van der Waals surface area contributed by atoms with Crippen molar-refractivity contribution in [2.24, 2.45) is 4.99 Å². The summed E-state index contributed by atoms with van der Waals surface area (Å²) in [4.78, 5) is 17.4. The number of amides is 1. The molecule has 9 heteroatoms. The smallest absolute Gasteiger partial charge is 0.264 e. The Bertz CT molecular complexity index is 1280. The number of thioether (sulfide) groups is 1. The van der Waals surface area contributed by atoms with Crippen molar-refractivity contribution in [3.63, 3.8) is 0 Å². The molecular formula is C25H19Cl3N2O3S. The van der Waals surface area contributed by atoms with E-state index in [1.807, 2.05) is 49.4 Å². The molecule has 5 nitrogen and oxygen atoms in total. The van der Waals surface area contributed by atoms with Gasteiger partial charge in [-0.15, -0.1) is 0 Å². The number of carbonyl (C=O) groups is 1. The van der Waals surface area contributed by atoms with Gasteiger partial charge in [-0.05, 0) is 72.3 Å². The Morgan fingerprint density at radius 2 is 1.79 bits per heavy atom. The van der Waals surface area contributed by atoms with E-state index in [1.54, 1.807) is 24.3 Å². The Morgan fingerprint density at radius 1 is 1.00 bits per heavy atom. The summed E-state index contributed by atoms with van der Waals surface area (Å²) in [6.07, 6.45) is 1.77. The minimum absolute atomic E-state index is 0.247. The molecule has 0 bridgehead atoms. The van der Waals surface area contributed by atoms with Gasteiger partial charge >= 0.3 is 0 Å². The minimum Gasteiger partial charge on any atom is -0.490 e. The predicted octanol–water partition coefficient (Wildman–Crippen LogP) is 7.52. The van der Waals surface area contributed by atoms with Gasteiger partial charge in [-0.1, -0.05) is 59.1 Å². The van der Waals surface area contributed by atoms with Crippen LogP contribution in [0.2, 0.25) is 15.1 Å². The second kappa shape index (κ2) is 11.2. The van der Waals surface area contributed by atoms with Crippen molar-refractivity contribution < 1.29 is 14.3 Å². The number of benzene rings is 3. The monoisotopic (exact) mass is 532 g/mol. The molecule has 0 unspecified atom stereocenters. The second-order valence-corrected chi connectivity index (χ2v) is 9.36. The summed E-state index contributed by atoms with van der Waals surface area (Å²) in [6, 6.07) is 18.1. The fraction of sp³-hybridized carbons (Fsp3) is 0.120. The Labute approximate surface area is 216 Å². The van der Waals surface area contributed by atoms with Crippen LogP contribution >= 0.6 is 46.6 Å². The number of hydrogen-bond donors (Lipinski definition) is 1. The summed E-state index contributed by atoms with van der Waals surface area (Å²) >= 11 is 19.4. The maximum Gasteiger partial charge on any atom is 0.264 e. The molecule has 1 N–H and O–H groups in total. The van der Waals surface area contributed by atoms with E-state index < -0.39 is 0 Å². The number of rotatable bonds is 7. The van der Waals surface area contributed by atoms with E-state index in [9.17, 15) is 4.79 Å². The van der Waals surface area contributed by atoms with Crippen molar-refractivity contribution in [1.82, 2.24) is 5.32 Å². The summed E-state index contributed by atoms with van der Waals surface area (Å²) in [7, 11) is 0. The first-order chi connectivity index (χ1) is 16.4. The van der Waals surface area contributed by atoms with Crippen molar-refractivity contribution in [2.45, 2.75) is 13.5 Å². The van der Waals surface area contributed by atoms with E-state index in [-0.39, 0.29) is 5.91 Å².